The predicted molar refractivity (Wildman–Crippen MR) is 100 cm³/mol. The molecule has 7 nitrogen and oxygen atoms in total. The lowest BCUT2D eigenvalue weighted by Crippen LogP contribution is -2.34. The summed E-state index contributed by atoms with van der Waals surface area (Å²) in [6, 6.07) is 6.18. The van der Waals surface area contributed by atoms with Crippen molar-refractivity contribution < 1.29 is 4.79 Å². The monoisotopic (exact) mass is 352 g/mol. The molecular weight excluding hydrogens is 328 g/mol. The molecule has 0 radical (unpaired) electrons. The molecule has 1 saturated heterocycles. The molecule has 2 aromatic rings. The highest BCUT2D eigenvalue weighted by atomic mass is 16.2. The van der Waals surface area contributed by atoms with E-state index >= 15 is 0 Å². The van der Waals surface area contributed by atoms with Crippen molar-refractivity contribution in [3.8, 4) is 0 Å². The van der Waals surface area contributed by atoms with Crippen LogP contribution in [0.1, 0.15) is 47.7 Å². The van der Waals surface area contributed by atoms with Gasteiger partial charge in [-0.25, -0.2) is 15.0 Å². The Morgan fingerprint density at radius 1 is 1.12 bits per heavy atom. The summed E-state index contributed by atoms with van der Waals surface area (Å²) in [4.78, 5) is 27.2. The van der Waals surface area contributed by atoms with E-state index in [0.29, 0.717) is 17.5 Å². The highest BCUT2D eigenvalue weighted by molar-refractivity contribution is 5.94. The first kappa shape index (κ1) is 16.8. The number of anilines is 2. The molecule has 1 amide bonds. The topological polar surface area (TPSA) is 83.0 Å². The second kappa shape index (κ2) is 7.27. The van der Waals surface area contributed by atoms with Gasteiger partial charge < -0.3 is 15.5 Å². The van der Waals surface area contributed by atoms with Crippen LogP contribution in [0.15, 0.2) is 30.7 Å². The van der Waals surface area contributed by atoms with Crippen LogP contribution < -0.4 is 10.6 Å². The number of hydrogen-bond acceptors (Lipinski definition) is 6. The molecule has 0 bridgehead atoms. The van der Waals surface area contributed by atoms with Crippen LogP contribution in [0.2, 0.25) is 0 Å². The zero-order valence-electron chi connectivity index (χ0n) is 15.0. The number of likely N-dealkylation sites (tertiary alicyclic amines) is 1. The molecule has 4 rings (SSSR count). The third-order valence-corrected chi connectivity index (χ3v) is 5.26. The summed E-state index contributed by atoms with van der Waals surface area (Å²) in [7, 11) is 1.86. The van der Waals surface area contributed by atoms with Gasteiger partial charge in [0.2, 0.25) is 0 Å². The molecule has 2 aromatic heterocycles. The number of rotatable bonds is 5. The van der Waals surface area contributed by atoms with Gasteiger partial charge in [0.1, 0.15) is 18.0 Å². The average molecular weight is 352 g/mol. The fourth-order valence-electron chi connectivity index (χ4n) is 3.63. The highest BCUT2D eigenvalue weighted by Gasteiger charge is 2.31. The van der Waals surface area contributed by atoms with Gasteiger partial charge in [0.05, 0.1) is 5.56 Å². The summed E-state index contributed by atoms with van der Waals surface area (Å²) in [5.74, 6) is 2.23. The van der Waals surface area contributed by atoms with Crippen molar-refractivity contribution in [1.82, 2.24) is 19.9 Å². The Kier molecular flexibility index (Phi) is 4.69. The Morgan fingerprint density at radius 3 is 2.62 bits per heavy atom. The van der Waals surface area contributed by atoms with Gasteiger partial charge in [0.25, 0.3) is 5.91 Å². The van der Waals surface area contributed by atoms with Gasteiger partial charge in [-0.3, -0.25) is 4.79 Å². The van der Waals surface area contributed by atoms with E-state index in [4.69, 9.17) is 0 Å². The van der Waals surface area contributed by atoms with Crippen LogP contribution in [-0.4, -0.2) is 51.9 Å². The van der Waals surface area contributed by atoms with Gasteiger partial charge in [-0.2, -0.15) is 0 Å². The van der Waals surface area contributed by atoms with Crippen molar-refractivity contribution in [1.29, 1.82) is 0 Å². The van der Waals surface area contributed by atoms with E-state index < -0.39 is 0 Å². The van der Waals surface area contributed by atoms with Gasteiger partial charge in [-0.05, 0) is 37.8 Å². The summed E-state index contributed by atoms with van der Waals surface area (Å²) in [6.07, 6.45) is 7.54. The number of pyridine rings is 1. The summed E-state index contributed by atoms with van der Waals surface area (Å²) in [5.41, 5.74) is 1.76. The molecule has 136 valence electrons. The largest absolute Gasteiger partial charge is 0.373 e. The van der Waals surface area contributed by atoms with Crippen molar-refractivity contribution in [3.05, 3.63) is 42.0 Å². The number of carbonyl (C=O) groups is 1. The van der Waals surface area contributed by atoms with E-state index in [1.165, 1.54) is 0 Å². The number of hydrogen-bond donors (Lipinski definition) is 2. The number of nitrogens with zero attached hydrogens (tertiary/aromatic N) is 4. The minimum atomic E-state index is 0.0920. The maximum Gasteiger partial charge on any atom is 0.255 e. The molecule has 7 heteroatoms. The van der Waals surface area contributed by atoms with E-state index in [2.05, 4.69) is 25.6 Å². The molecule has 2 aliphatic rings. The van der Waals surface area contributed by atoms with Crippen molar-refractivity contribution in [2.24, 2.45) is 0 Å². The van der Waals surface area contributed by atoms with Crippen LogP contribution in [0.3, 0.4) is 0 Å². The van der Waals surface area contributed by atoms with Crippen molar-refractivity contribution >= 4 is 17.5 Å². The Bertz CT molecular complexity index is 766. The van der Waals surface area contributed by atoms with Crippen LogP contribution in [0.25, 0.3) is 0 Å². The third kappa shape index (κ3) is 3.47. The van der Waals surface area contributed by atoms with Gasteiger partial charge in [0, 0.05) is 50.1 Å². The fraction of sp³-hybridized carbons (Fsp3) is 0.474. The summed E-state index contributed by atoms with van der Waals surface area (Å²) in [6.45, 7) is 1.72. The normalized spacial score (nSPS) is 22.0. The van der Waals surface area contributed by atoms with Gasteiger partial charge in [0.15, 0.2) is 0 Å². The Morgan fingerprint density at radius 2 is 1.92 bits per heavy atom. The average Bonchev–Trinajstić information content (AvgIpc) is 3.19. The molecular formula is C19H24N6O. The quantitative estimate of drug-likeness (QED) is 0.860. The SMILES string of the molecule is CNc1cc(C2CC(Nc3ccc(C(=O)N4CCCC4)cn3)C2)ncn1. The fourth-order valence-corrected chi connectivity index (χ4v) is 3.63. The van der Waals surface area contributed by atoms with E-state index in [1.54, 1.807) is 12.5 Å². The van der Waals surface area contributed by atoms with E-state index in [9.17, 15) is 4.79 Å². The maximum absolute atomic E-state index is 12.3. The molecule has 3 heterocycles. The first-order chi connectivity index (χ1) is 12.7. The smallest absolute Gasteiger partial charge is 0.255 e. The van der Waals surface area contributed by atoms with E-state index in [-0.39, 0.29) is 5.91 Å². The van der Waals surface area contributed by atoms with Crippen LogP contribution in [-0.2, 0) is 0 Å². The lowest BCUT2D eigenvalue weighted by atomic mass is 9.78. The first-order valence-corrected chi connectivity index (χ1v) is 9.24. The molecule has 0 spiro atoms. The Labute approximate surface area is 153 Å². The molecule has 0 atom stereocenters. The zero-order valence-corrected chi connectivity index (χ0v) is 15.0. The van der Waals surface area contributed by atoms with Crippen molar-refractivity contribution in [2.45, 2.75) is 37.6 Å². The Balaban J connectivity index is 1.31. The molecule has 0 unspecified atom stereocenters. The molecule has 1 aliphatic carbocycles. The van der Waals surface area contributed by atoms with Crippen LogP contribution >= 0.6 is 0 Å². The minimum absolute atomic E-state index is 0.0920. The third-order valence-electron chi connectivity index (χ3n) is 5.26. The number of carbonyl (C=O) groups excluding carboxylic acids is 1. The van der Waals surface area contributed by atoms with Crippen LogP contribution in [0, 0.1) is 0 Å². The van der Waals surface area contributed by atoms with Crippen molar-refractivity contribution in [2.75, 3.05) is 30.8 Å². The van der Waals surface area contributed by atoms with Gasteiger partial charge in [-0.15, -0.1) is 0 Å². The summed E-state index contributed by atoms with van der Waals surface area (Å²) in [5, 5.41) is 6.50. The molecule has 26 heavy (non-hydrogen) atoms. The molecule has 2 fully saturated rings. The first-order valence-electron chi connectivity index (χ1n) is 9.24. The number of nitrogens with one attached hydrogen (secondary N) is 2. The molecule has 2 N–H and O–H groups in total. The lowest BCUT2D eigenvalue weighted by molar-refractivity contribution is 0.0792. The highest BCUT2D eigenvalue weighted by Crippen LogP contribution is 2.37. The standard InChI is InChI=1S/C19H24N6O/c1-20-18-10-16(22-12-23-18)14-8-15(9-14)24-17-5-4-13(11-21-17)19(26)25-6-2-3-7-25/h4-5,10-12,14-15H,2-3,6-9H2,1H3,(H,21,24)(H,20,22,23). The van der Waals surface area contributed by atoms with Crippen molar-refractivity contribution in [3.63, 3.8) is 0 Å². The number of amides is 1. The van der Waals surface area contributed by atoms with Gasteiger partial charge in [-0.1, -0.05) is 0 Å². The second-order valence-corrected chi connectivity index (χ2v) is 7.02. The minimum Gasteiger partial charge on any atom is -0.373 e. The molecule has 1 saturated carbocycles. The summed E-state index contributed by atoms with van der Waals surface area (Å²) < 4.78 is 0. The van der Waals surface area contributed by atoms with Crippen LogP contribution in [0.4, 0.5) is 11.6 Å². The molecule has 0 aromatic carbocycles. The van der Waals surface area contributed by atoms with E-state index in [1.807, 2.05) is 30.1 Å². The van der Waals surface area contributed by atoms with Gasteiger partial charge >= 0.3 is 0 Å². The second-order valence-electron chi connectivity index (χ2n) is 7.02. The molecule has 1 aliphatic heterocycles. The maximum atomic E-state index is 12.3. The van der Waals surface area contributed by atoms with Crippen LogP contribution in [0.5, 0.6) is 0 Å². The zero-order chi connectivity index (χ0) is 17.9. The predicted octanol–water partition coefficient (Wildman–Crippen LogP) is 2.51. The number of aromatic nitrogens is 3. The lowest BCUT2D eigenvalue weighted by Gasteiger charge is -2.35. The summed E-state index contributed by atoms with van der Waals surface area (Å²) >= 11 is 0. The Hall–Kier alpha value is -2.70. The van der Waals surface area contributed by atoms with E-state index in [0.717, 1.165) is 56.1 Å².